The molecule has 0 bridgehead atoms. The van der Waals surface area contributed by atoms with Crippen LogP contribution in [0.2, 0.25) is 0 Å². The molecule has 1 saturated carbocycles. The van der Waals surface area contributed by atoms with Gasteiger partial charge < -0.3 is 4.90 Å². The van der Waals surface area contributed by atoms with E-state index < -0.39 is 0 Å². The zero-order valence-corrected chi connectivity index (χ0v) is 10.6. The number of hydrogen-bond donors (Lipinski definition) is 0. The van der Waals surface area contributed by atoms with Gasteiger partial charge in [-0.1, -0.05) is 29.8 Å². The minimum absolute atomic E-state index is 0.657. The molecule has 0 N–H and O–H groups in total. The first-order chi connectivity index (χ1) is 6.26. The average Bonchev–Trinajstić information content (AvgIpc) is 2.87. The molecule has 0 radical (unpaired) electrons. The molecule has 0 atom stereocenters. The van der Waals surface area contributed by atoms with E-state index in [1.807, 2.05) is 0 Å². The summed E-state index contributed by atoms with van der Waals surface area (Å²) in [5.41, 5.74) is 0.657. The van der Waals surface area contributed by atoms with Gasteiger partial charge in [-0.25, -0.2) is 0 Å². The quantitative estimate of drug-likeness (QED) is 0.625. The lowest BCUT2D eigenvalue weighted by atomic mass is 10.1. The van der Waals surface area contributed by atoms with Gasteiger partial charge in [-0.05, 0) is 44.2 Å². The Labute approximate surface area is 91.0 Å². The molecule has 0 spiro atoms. The molecule has 0 saturated heterocycles. The number of rotatable bonds is 7. The Kier molecular flexibility index (Phi) is 4.74. The van der Waals surface area contributed by atoms with Crippen LogP contribution in [0.5, 0.6) is 0 Å². The van der Waals surface area contributed by atoms with Crippen molar-refractivity contribution in [3.8, 4) is 0 Å². The highest BCUT2D eigenvalue weighted by Crippen LogP contribution is 2.47. The van der Waals surface area contributed by atoms with Crippen molar-refractivity contribution in [3.63, 3.8) is 0 Å². The first-order valence-electron chi connectivity index (χ1n) is 5.54. The van der Waals surface area contributed by atoms with Gasteiger partial charge >= 0.3 is 0 Å². The first kappa shape index (κ1) is 11.5. The fourth-order valence-corrected chi connectivity index (χ4v) is 2.63. The summed E-state index contributed by atoms with van der Waals surface area (Å²) in [6, 6.07) is 0. The maximum atomic E-state index is 3.64. The number of alkyl halides is 1. The molecule has 13 heavy (non-hydrogen) atoms. The van der Waals surface area contributed by atoms with Crippen molar-refractivity contribution in [1.82, 2.24) is 4.90 Å². The van der Waals surface area contributed by atoms with E-state index in [-0.39, 0.29) is 0 Å². The van der Waals surface area contributed by atoms with Crippen LogP contribution in [-0.2, 0) is 0 Å². The Morgan fingerprint density at radius 2 is 1.69 bits per heavy atom. The second-order valence-electron chi connectivity index (χ2n) is 4.41. The highest BCUT2D eigenvalue weighted by atomic mass is 79.9. The topological polar surface area (TPSA) is 3.24 Å². The predicted octanol–water partition coefficient (Wildman–Crippen LogP) is 3.28. The molecular weight excluding hydrogens is 226 g/mol. The Balaban J connectivity index is 2.28. The zero-order chi connectivity index (χ0) is 9.73. The number of nitrogens with zero attached hydrogens (tertiary/aromatic N) is 1. The highest BCUT2D eigenvalue weighted by Gasteiger charge is 2.42. The summed E-state index contributed by atoms with van der Waals surface area (Å²) in [6.07, 6.45) is 5.45. The van der Waals surface area contributed by atoms with Gasteiger partial charge in [0.05, 0.1) is 0 Å². The van der Waals surface area contributed by atoms with E-state index in [9.17, 15) is 0 Å². The summed E-state index contributed by atoms with van der Waals surface area (Å²) >= 11 is 3.64. The zero-order valence-electron chi connectivity index (χ0n) is 8.98. The normalized spacial score (nSPS) is 19.4. The predicted molar refractivity (Wildman–Crippen MR) is 62.5 cm³/mol. The second-order valence-corrected chi connectivity index (χ2v) is 4.97. The minimum Gasteiger partial charge on any atom is -0.303 e. The molecule has 1 fully saturated rings. The molecule has 1 rings (SSSR count). The molecule has 78 valence electrons. The summed E-state index contributed by atoms with van der Waals surface area (Å²) in [6.45, 7) is 8.43. The van der Waals surface area contributed by atoms with Gasteiger partial charge in [-0.2, -0.15) is 0 Å². The summed E-state index contributed by atoms with van der Waals surface area (Å²) < 4.78 is 0. The fourth-order valence-electron chi connectivity index (χ4n) is 1.89. The van der Waals surface area contributed by atoms with Gasteiger partial charge in [0.15, 0.2) is 0 Å². The van der Waals surface area contributed by atoms with E-state index in [1.165, 1.54) is 50.6 Å². The van der Waals surface area contributed by atoms with Crippen LogP contribution in [0, 0.1) is 5.41 Å². The van der Waals surface area contributed by atoms with E-state index in [1.54, 1.807) is 0 Å². The molecule has 0 unspecified atom stereocenters. The molecule has 0 amide bonds. The van der Waals surface area contributed by atoms with Crippen LogP contribution < -0.4 is 0 Å². The fraction of sp³-hybridized carbons (Fsp3) is 1.00. The van der Waals surface area contributed by atoms with Crippen LogP contribution in [0.1, 0.15) is 39.5 Å². The maximum Gasteiger partial charge on any atom is 0.0100 e. The van der Waals surface area contributed by atoms with Crippen molar-refractivity contribution in [2.75, 3.05) is 25.0 Å². The largest absolute Gasteiger partial charge is 0.303 e. The lowest BCUT2D eigenvalue weighted by Gasteiger charge is -2.25. The standard InChI is InChI=1S/C11H22BrN/c1-3-7-13(8-4-2)10-11(9-12)5-6-11/h3-10H2,1-2H3. The van der Waals surface area contributed by atoms with Gasteiger partial charge in [0.1, 0.15) is 0 Å². The SMILES string of the molecule is CCCN(CCC)CC1(CBr)CC1. The van der Waals surface area contributed by atoms with E-state index in [2.05, 4.69) is 34.7 Å². The van der Waals surface area contributed by atoms with Crippen LogP contribution >= 0.6 is 15.9 Å². The Morgan fingerprint density at radius 1 is 1.15 bits per heavy atom. The lowest BCUT2D eigenvalue weighted by molar-refractivity contribution is 0.231. The van der Waals surface area contributed by atoms with Crippen molar-refractivity contribution < 1.29 is 0 Å². The van der Waals surface area contributed by atoms with Gasteiger partial charge in [0.2, 0.25) is 0 Å². The Bertz CT molecular complexity index is 137. The molecule has 1 aliphatic rings. The molecular formula is C11H22BrN. The average molecular weight is 248 g/mol. The van der Waals surface area contributed by atoms with E-state index in [0.717, 1.165) is 0 Å². The van der Waals surface area contributed by atoms with E-state index >= 15 is 0 Å². The molecule has 0 aliphatic heterocycles. The van der Waals surface area contributed by atoms with Crippen LogP contribution in [0.25, 0.3) is 0 Å². The highest BCUT2D eigenvalue weighted by molar-refractivity contribution is 9.09. The van der Waals surface area contributed by atoms with Crippen molar-refractivity contribution >= 4 is 15.9 Å². The van der Waals surface area contributed by atoms with E-state index in [0.29, 0.717) is 5.41 Å². The first-order valence-corrected chi connectivity index (χ1v) is 6.67. The van der Waals surface area contributed by atoms with Crippen molar-refractivity contribution in [2.45, 2.75) is 39.5 Å². The van der Waals surface area contributed by atoms with Gasteiger partial charge in [-0.15, -0.1) is 0 Å². The molecule has 0 aromatic rings. The summed E-state index contributed by atoms with van der Waals surface area (Å²) in [4.78, 5) is 2.63. The third kappa shape index (κ3) is 3.59. The van der Waals surface area contributed by atoms with Crippen LogP contribution in [0.3, 0.4) is 0 Å². The number of halogens is 1. The smallest absolute Gasteiger partial charge is 0.0100 e. The lowest BCUT2D eigenvalue weighted by Crippen LogP contribution is -2.32. The van der Waals surface area contributed by atoms with Crippen molar-refractivity contribution in [2.24, 2.45) is 5.41 Å². The van der Waals surface area contributed by atoms with Crippen LogP contribution in [-0.4, -0.2) is 29.9 Å². The minimum atomic E-state index is 0.657. The molecule has 2 heteroatoms. The van der Waals surface area contributed by atoms with Gasteiger partial charge in [0, 0.05) is 11.9 Å². The summed E-state index contributed by atoms with van der Waals surface area (Å²) in [5, 5.41) is 1.20. The van der Waals surface area contributed by atoms with Crippen LogP contribution in [0.15, 0.2) is 0 Å². The molecule has 0 aromatic carbocycles. The Hall–Kier alpha value is 0.440. The molecule has 1 nitrogen and oxygen atoms in total. The third-order valence-electron chi connectivity index (χ3n) is 2.88. The van der Waals surface area contributed by atoms with Gasteiger partial charge in [0.25, 0.3) is 0 Å². The summed E-state index contributed by atoms with van der Waals surface area (Å²) in [5.74, 6) is 0. The third-order valence-corrected chi connectivity index (χ3v) is 4.07. The van der Waals surface area contributed by atoms with Gasteiger partial charge in [-0.3, -0.25) is 0 Å². The van der Waals surface area contributed by atoms with E-state index in [4.69, 9.17) is 0 Å². The number of hydrogen-bond acceptors (Lipinski definition) is 1. The molecule has 0 aromatic heterocycles. The molecule has 0 heterocycles. The second kappa shape index (κ2) is 5.35. The monoisotopic (exact) mass is 247 g/mol. The van der Waals surface area contributed by atoms with Crippen molar-refractivity contribution in [1.29, 1.82) is 0 Å². The Morgan fingerprint density at radius 3 is 2.00 bits per heavy atom. The van der Waals surface area contributed by atoms with Crippen LogP contribution in [0.4, 0.5) is 0 Å². The van der Waals surface area contributed by atoms with Crippen molar-refractivity contribution in [3.05, 3.63) is 0 Å². The molecule has 1 aliphatic carbocycles. The summed E-state index contributed by atoms with van der Waals surface area (Å²) in [7, 11) is 0. The maximum absolute atomic E-state index is 3.64.